The second-order valence-corrected chi connectivity index (χ2v) is 6.07. The molecule has 2 heterocycles. The number of halogens is 5. The number of anilines is 1. The van der Waals surface area contributed by atoms with Gasteiger partial charge in [-0.1, -0.05) is 12.1 Å². The molecule has 0 spiro atoms. The molecule has 1 aromatic carbocycles. The second-order valence-electron chi connectivity index (χ2n) is 6.07. The van der Waals surface area contributed by atoms with E-state index in [9.17, 15) is 22.0 Å². The van der Waals surface area contributed by atoms with Crippen LogP contribution in [0.1, 0.15) is 24.2 Å². The van der Waals surface area contributed by atoms with Crippen LogP contribution in [0.25, 0.3) is 11.2 Å². The van der Waals surface area contributed by atoms with Crippen molar-refractivity contribution in [3.8, 4) is 0 Å². The van der Waals surface area contributed by atoms with Gasteiger partial charge in [-0.2, -0.15) is 13.2 Å². The third-order valence-corrected chi connectivity index (χ3v) is 4.01. The number of imidazole rings is 1. The van der Waals surface area contributed by atoms with Gasteiger partial charge in [-0.15, -0.1) is 0 Å². The third-order valence-electron chi connectivity index (χ3n) is 4.01. The fraction of sp³-hybridized carbons (Fsp3) is 0.312. The largest absolute Gasteiger partial charge is 0.451 e. The first-order chi connectivity index (χ1) is 12.3. The molecule has 1 aliphatic carbocycles. The van der Waals surface area contributed by atoms with Crippen LogP contribution in [-0.4, -0.2) is 25.6 Å². The van der Waals surface area contributed by atoms with E-state index in [1.165, 1.54) is 23.0 Å². The number of nitrogens with one attached hydrogen (secondary N) is 1. The number of hydrogen-bond acceptors (Lipinski definition) is 4. The highest BCUT2D eigenvalue weighted by Crippen LogP contribution is 2.32. The molecule has 136 valence electrons. The summed E-state index contributed by atoms with van der Waals surface area (Å²) in [5, 5.41) is 2.91. The summed E-state index contributed by atoms with van der Waals surface area (Å²) < 4.78 is 67.9. The quantitative estimate of drug-likeness (QED) is 0.712. The molecule has 2 aromatic heterocycles. The molecule has 4 rings (SSSR count). The molecule has 1 fully saturated rings. The summed E-state index contributed by atoms with van der Waals surface area (Å²) in [7, 11) is 0. The van der Waals surface area contributed by atoms with Crippen LogP contribution in [0.15, 0.2) is 24.5 Å². The summed E-state index contributed by atoms with van der Waals surface area (Å²) in [6.45, 7) is -0.211. The maximum Gasteiger partial charge on any atom is 0.451 e. The Labute approximate surface area is 143 Å². The normalized spacial score (nSPS) is 14.8. The number of aromatic nitrogens is 4. The molecule has 3 aromatic rings. The predicted molar refractivity (Wildman–Crippen MR) is 82.4 cm³/mol. The Morgan fingerprint density at radius 1 is 1.15 bits per heavy atom. The van der Waals surface area contributed by atoms with E-state index in [1.54, 1.807) is 0 Å². The topological polar surface area (TPSA) is 55.6 Å². The molecule has 0 amide bonds. The van der Waals surface area contributed by atoms with Crippen molar-refractivity contribution in [3.05, 3.63) is 47.5 Å². The molecule has 5 nitrogen and oxygen atoms in total. The number of nitrogens with zero attached hydrogens (tertiary/aromatic N) is 4. The lowest BCUT2D eigenvalue weighted by Gasteiger charge is -2.11. The Bertz CT molecular complexity index is 977. The number of alkyl halides is 3. The predicted octanol–water partition coefficient (Wildman–Crippen LogP) is 3.75. The van der Waals surface area contributed by atoms with Crippen molar-refractivity contribution >= 4 is 17.0 Å². The highest BCUT2D eigenvalue weighted by atomic mass is 19.4. The lowest BCUT2D eigenvalue weighted by Crippen LogP contribution is -2.15. The Morgan fingerprint density at radius 2 is 1.92 bits per heavy atom. The van der Waals surface area contributed by atoms with Gasteiger partial charge < -0.3 is 9.88 Å². The van der Waals surface area contributed by atoms with Gasteiger partial charge in [-0.25, -0.2) is 23.7 Å². The SMILES string of the molecule is Fc1cccc(Cn2cnc3c(NC4CC4)nc(C(F)(F)F)nc32)c1F. The molecule has 1 N–H and O–H groups in total. The van der Waals surface area contributed by atoms with Crippen LogP contribution in [0.2, 0.25) is 0 Å². The van der Waals surface area contributed by atoms with Crippen molar-refractivity contribution in [1.29, 1.82) is 0 Å². The average Bonchev–Trinajstić information content (AvgIpc) is 3.30. The molecule has 0 saturated heterocycles. The first kappa shape index (κ1) is 16.7. The molecule has 0 bridgehead atoms. The van der Waals surface area contributed by atoms with Gasteiger partial charge in [0.2, 0.25) is 5.82 Å². The third kappa shape index (κ3) is 3.06. The summed E-state index contributed by atoms with van der Waals surface area (Å²) in [6.07, 6.45) is -1.83. The van der Waals surface area contributed by atoms with E-state index in [2.05, 4.69) is 20.3 Å². The highest BCUT2D eigenvalue weighted by molar-refractivity contribution is 5.83. The van der Waals surface area contributed by atoms with Gasteiger partial charge in [0.1, 0.15) is 5.52 Å². The molecular formula is C16H12F5N5. The monoisotopic (exact) mass is 369 g/mol. The standard InChI is InChI=1S/C16H12F5N5/c17-10-3-1-2-8(11(10)18)6-26-7-22-12-13(23-9-4-5-9)24-15(16(19,20)21)25-14(12)26/h1-3,7,9H,4-6H2,(H,23,24,25). The maximum atomic E-state index is 13.9. The van der Waals surface area contributed by atoms with Crippen molar-refractivity contribution in [2.75, 3.05) is 5.32 Å². The van der Waals surface area contributed by atoms with Gasteiger partial charge in [0.25, 0.3) is 0 Å². The van der Waals surface area contributed by atoms with Gasteiger partial charge in [0.15, 0.2) is 23.1 Å². The Kier molecular flexibility index (Phi) is 3.78. The van der Waals surface area contributed by atoms with E-state index >= 15 is 0 Å². The molecule has 26 heavy (non-hydrogen) atoms. The zero-order valence-corrected chi connectivity index (χ0v) is 13.2. The van der Waals surface area contributed by atoms with E-state index < -0.39 is 23.6 Å². The molecule has 1 aliphatic rings. The van der Waals surface area contributed by atoms with Crippen LogP contribution in [0.3, 0.4) is 0 Å². The van der Waals surface area contributed by atoms with E-state index in [1.807, 2.05) is 0 Å². The lowest BCUT2D eigenvalue weighted by atomic mass is 10.2. The van der Waals surface area contributed by atoms with Crippen LogP contribution in [0, 0.1) is 11.6 Å². The number of benzene rings is 1. The minimum absolute atomic E-state index is 0.0108. The average molecular weight is 369 g/mol. The van der Waals surface area contributed by atoms with E-state index in [0.29, 0.717) is 0 Å². The fourth-order valence-corrected chi connectivity index (χ4v) is 2.56. The Balaban J connectivity index is 1.81. The molecular weight excluding hydrogens is 357 g/mol. The molecule has 0 unspecified atom stereocenters. The van der Waals surface area contributed by atoms with Gasteiger partial charge >= 0.3 is 6.18 Å². The summed E-state index contributed by atoms with van der Waals surface area (Å²) in [5.41, 5.74) is 0.0361. The molecule has 0 atom stereocenters. The second kappa shape index (κ2) is 5.89. The minimum Gasteiger partial charge on any atom is -0.365 e. The highest BCUT2D eigenvalue weighted by Gasteiger charge is 2.37. The zero-order valence-electron chi connectivity index (χ0n) is 13.2. The fourth-order valence-electron chi connectivity index (χ4n) is 2.56. The van der Waals surface area contributed by atoms with E-state index in [0.717, 1.165) is 18.9 Å². The number of rotatable bonds is 4. The van der Waals surface area contributed by atoms with E-state index in [4.69, 9.17) is 0 Å². The van der Waals surface area contributed by atoms with Crippen LogP contribution in [-0.2, 0) is 12.7 Å². The van der Waals surface area contributed by atoms with Crippen molar-refractivity contribution in [3.63, 3.8) is 0 Å². The van der Waals surface area contributed by atoms with Crippen molar-refractivity contribution < 1.29 is 22.0 Å². The van der Waals surface area contributed by atoms with Crippen molar-refractivity contribution in [2.24, 2.45) is 0 Å². The van der Waals surface area contributed by atoms with Crippen molar-refractivity contribution in [1.82, 2.24) is 19.5 Å². The molecule has 1 saturated carbocycles. The van der Waals surface area contributed by atoms with E-state index in [-0.39, 0.29) is 35.1 Å². The number of fused-ring (bicyclic) bond motifs is 1. The summed E-state index contributed by atoms with van der Waals surface area (Å²) in [6, 6.07) is 3.69. The molecule has 0 aliphatic heterocycles. The van der Waals surface area contributed by atoms with Crippen LogP contribution >= 0.6 is 0 Å². The maximum absolute atomic E-state index is 13.9. The Morgan fingerprint density at radius 3 is 2.62 bits per heavy atom. The van der Waals surface area contributed by atoms with Crippen LogP contribution in [0.4, 0.5) is 27.8 Å². The first-order valence-corrected chi connectivity index (χ1v) is 7.82. The summed E-state index contributed by atoms with van der Waals surface area (Å²) in [5.74, 6) is -3.41. The van der Waals surface area contributed by atoms with Gasteiger partial charge in [0, 0.05) is 11.6 Å². The molecule has 10 heteroatoms. The lowest BCUT2D eigenvalue weighted by molar-refractivity contribution is -0.144. The smallest absolute Gasteiger partial charge is 0.365 e. The summed E-state index contributed by atoms with van der Waals surface area (Å²) in [4.78, 5) is 11.2. The minimum atomic E-state index is -4.74. The number of hydrogen-bond donors (Lipinski definition) is 1. The first-order valence-electron chi connectivity index (χ1n) is 7.82. The van der Waals surface area contributed by atoms with Crippen molar-refractivity contribution in [2.45, 2.75) is 31.6 Å². The van der Waals surface area contributed by atoms with Crippen LogP contribution < -0.4 is 5.32 Å². The zero-order chi connectivity index (χ0) is 18.5. The van der Waals surface area contributed by atoms with Gasteiger partial charge in [0.05, 0.1) is 12.9 Å². The summed E-state index contributed by atoms with van der Waals surface area (Å²) >= 11 is 0. The Hall–Kier alpha value is -2.78. The van der Waals surface area contributed by atoms with Gasteiger partial charge in [-0.3, -0.25) is 0 Å². The molecule has 0 radical (unpaired) electrons. The van der Waals surface area contributed by atoms with Gasteiger partial charge in [-0.05, 0) is 18.9 Å². The van der Waals surface area contributed by atoms with Crippen LogP contribution in [0.5, 0.6) is 0 Å².